The molecule has 0 aliphatic carbocycles. The minimum absolute atomic E-state index is 0.254. The lowest BCUT2D eigenvalue weighted by Gasteiger charge is -2.11. The van der Waals surface area contributed by atoms with E-state index >= 15 is 0 Å². The van der Waals surface area contributed by atoms with E-state index in [1.54, 1.807) is 0 Å². The lowest BCUT2D eigenvalue weighted by atomic mass is 10.0. The fourth-order valence-corrected chi connectivity index (χ4v) is 1.66. The molecule has 2 N–H and O–H groups in total. The number of aryl methyl sites for hydroxylation is 2. The molecule has 82 valence electrons. The number of hydrogen-bond acceptors (Lipinski definition) is 1. The molecular formula is C14H21N. The van der Waals surface area contributed by atoms with E-state index in [-0.39, 0.29) is 6.04 Å². The molecule has 0 saturated heterocycles. The van der Waals surface area contributed by atoms with Gasteiger partial charge in [0.1, 0.15) is 0 Å². The van der Waals surface area contributed by atoms with Gasteiger partial charge in [0.15, 0.2) is 0 Å². The molecule has 0 bridgehead atoms. The molecule has 1 heteroatoms. The van der Waals surface area contributed by atoms with Crippen molar-refractivity contribution in [3.05, 3.63) is 47.5 Å². The van der Waals surface area contributed by atoms with Crippen LogP contribution in [0.2, 0.25) is 0 Å². The highest BCUT2D eigenvalue weighted by atomic mass is 14.6. The molecule has 0 saturated carbocycles. The maximum atomic E-state index is 5.99. The van der Waals surface area contributed by atoms with Gasteiger partial charge >= 0.3 is 0 Å². The maximum absolute atomic E-state index is 5.99. The molecule has 0 amide bonds. The van der Waals surface area contributed by atoms with Crippen LogP contribution in [0.4, 0.5) is 0 Å². The molecule has 0 radical (unpaired) electrons. The lowest BCUT2D eigenvalue weighted by Crippen LogP contribution is -2.20. The number of nitrogens with two attached hydrogens (primary N) is 1. The predicted molar refractivity (Wildman–Crippen MR) is 66.9 cm³/mol. The number of hydrogen-bond donors (Lipinski definition) is 1. The lowest BCUT2D eigenvalue weighted by molar-refractivity contribution is 0.608. The fraction of sp³-hybridized carbons (Fsp3) is 0.429. The zero-order chi connectivity index (χ0) is 11.3. The van der Waals surface area contributed by atoms with Crippen LogP contribution in [0, 0.1) is 6.92 Å². The summed E-state index contributed by atoms with van der Waals surface area (Å²) in [6, 6.07) is 8.93. The molecular weight excluding hydrogens is 182 g/mol. The van der Waals surface area contributed by atoms with Crippen molar-refractivity contribution in [1.82, 2.24) is 0 Å². The molecule has 1 aromatic rings. The van der Waals surface area contributed by atoms with E-state index < -0.39 is 0 Å². The third-order valence-corrected chi connectivity index (χ3v) is 2.54. The van der Waals surface area contributed by atoms with E-state index in [4.69, 9.17) is 5.73 Å². The van der Waals surface area contributed by atoms with E-state index in [1.165, 1.54) is 16.7 Å². The quantitative estimate of drug-likeness (QED) is 0.731. The Balaban J connectivity index is 2.36. The first-order valence-corrected chi connectivity index (χ1v) is 5.53. The Kier molecular flexibility index (Phi) is 4.57. The molecule has 1 aromatic carbocycles. The molecule has 0 aliphatic heterocycles. The molecule has 1 atom stereocenters. The zero-order valence-corrected chi connectivity index (χ0v) is 9.79. The monoisotopic (exact) mass is 203 g/mol. The summed E-state index contributed by atoms with van der Waals surface area (Å²) in [5.74, 6) is 0. The molecule has 1 rings (SSSR count). The molecule has 0 fully saturated rings. The molecule has 1 nitrogen and oxygen atoms in total. The third kappa shape index (κ3) is 4.80. The van der Waals surface area contributed by atoms with E-state index in [0.29, 0.717) is 0 Å². The summed E-state index contributed by atoms with van der Waals surface area (Å²) in [5.41, 5.74) is 9.85. The van der Waals surface area contributed by atoms with Crippen LogP contribution in [0.3, 0.4) is 0 Å². The van der Waals surface area contributed by atoms with Crippen LogP contribution < -0.4 is 5.73 Å². The standard InChI is InChI=1S/C14H21N/c1-11(2)10-14(15)9-8-13-6-4-12(3)5-7-13/h4-7,14H,1,8-10,15H2,2-3H3. The van der Waals surface area contributed by atoms with Gasteiger partial charge in [-0.05, 0) is 38.7 Å². The van der Waals surface area contributed by atoms with Gasteiger partial charge in [0.25, 0.3) is 0 Å². The van der Waals surface area contributed by atoms with Gasteiger partial charge in [-0.15, -0.1) is 6.58 Å². The average Bonchev–Trinajstić information content (AvgIpc) is 2.16. The van der Waals surface area contributed by atoms with Gasteiger partial charge in [-0.25, -0.2) is 0 Å². The summed E-state index contributed by atoms with van der Waals surface area (Å²) in [5, 5.41) is 0. The van der Waals surface area contributed by atoms with E-state index in [2.05, 4.69) is 37.8 Å². The molecule has 15 heavy (non-hydrogen) atoms. The smallest absolute Gasteiger partial charge is 0.00790 e. The van der Waals surface area contributed by atoms with Gasteiger partial charge in [0, 0.05) is 6.04 Å². The van der Waals surface area contributed by atoms with Crippen LogP contribution >= 0.6 is 0 Å². The molecule has 0 aromatic heterocycles. The number of rotatable bonds is 5. The van der Waals surface area contributed by atoms with Crippen LogP contribution in [-0.4, -0.2) is 6.04 Å². The second kappa shape index (κ2) is 5.72. The van der Waals surface area contributed by atoms with E-state index in [9.17, 15) is 0 Å². The SMILES string of the molecule is C=C(C)CC(N)CCc1ccc(C)cc1. The van der Waals surface area contributed by atoms with Gasteiger partial charge in [0.05, 0.1) is 0 Å². The van der Waals surface area contributed by atoms with Crippen molar-refractivity contribution in [2.75, 3.05) is 0 Å². The van der Waals surface area contributed by atoms with Crippen LogP contribution in [-0.2, 0) is 6.42 Å². The van der Waals surface area contributed by atoms with E-state index in [0.717, 1.165) is 19.3 Å². The topological polar surface area (TPSA) is 26.0 Å². The second-order valence-corrected chi connectivity index (χ2v) is 4.45. The van der Waals surface area contributed by atoms with Gasteiger partial charge < -0.3 is 5.73 Å². The Morgan fingerprint density at radius 3 is 2.47 bits per heavy atom. The second-order valence-electron chi connectivity index (χ2n) is 4.45. The summed E-state index contributed by atoms with van der Waals surface area (Å²) in [6.07, 6.45) is 3.04. The third-order valence-electron chi connectivity index (χ3n) is 2.54. The van der Waals surface area contributed by atoms with Crippen molar-refractivity contribution in [2.45, 2.75) is 39.2 Å². The molecule has 0 aliphatic rings. The highest BCUT2D eigenvalue weighted by Gasteiger charge is 2.03. The van der Waals surface area contributed by atoms with Gasteiger partial charge in [-0.1, -0.05) is 35.4 Å². The Morgan fingerprint density at radius 2 is 1.93 bits per heavy atom. The largest absolute Gasteiger partial charge is 0.327 e. The summed E-state index contributed by atoms with van der Waals surface area (Å²) >= 11 is 0. The summed E-state index contributed by atoms with van der Waals surface area (Å²) in [7, 11) is 0. The van der Waals surface area contributed by atoms with Gasteiger partial charge in [-0.3, -0.25) is 0 Å². The van der Waals surface area contributed by atoms with Crippen LogP contribution in [0.15, 0.2) is 36.4 Å². The van der Waals surface area contributed by atoms with Crippen molar-refractivity contribution in [3.8, 4) is 0 Å². The molecule has 0 heterocycles. The average molecular weight is 203 g/mol. The van der Waals surface area contributed by atoms with Crippen molar-refractivity contribution >= 4 is 0 Å². The highest BCUT2D eigenvalue weighted by molar-refractivity contribution is 5.21. The maximum Gasteiger partial charge on any atom is 0.00790 e. The van der Waals surface area contributed by atoms with Gasteiger partial charge in [0.2, 0.25) is 0 Å². The first-order valence-electron chi connectivity index (χ1n) is 5.53. The Bertz CT molecular complexity index is 311. The van der Waals surface area contributed by atoms with Crippen molar-refractivity contribution in [2.24, 2.45) is 5.73 Å². The first kappa shape index (κ1) is 12.0. The van der Waals surface area contributed by atoms with Crippen LogP contribution in [0.5, 0.6) is 0 Å². The Hall–Kier alpha value is -1.08. The minimum atomic E-state index is 0.254. The number of benzene rings is 1. The van der Waals surface area contributed by atoms with Crippen LogP contribution in [0.25, 0.3) is 0 Å². The summed E-state index contributed by atoms with van der Waals surface area (Å²) in [6.45, 7) is 8.02. The van der Waals surface area contributed by atoms with Crippen molar-refractivity contribution in [3.63, 3.8) is 0 Å². The van der Waals surface area contributed by atoms with Crippen LogP contribution in [0.1, 0.15) is 30.9 Å². The molecule has 0 spiro atoms. The van der Waals surface area contributed by atoms with Gasteiger partial charge in [-0.2, -0.15) is 0 Å². The zero-order valence-electron chi connectivity index (χ0n) is 9.79. The normalized spacial score (nSPS) is 12.5. The Labute approximate surface area is 93.0 Å². The summed E-state index contributed by atoms with van der Waals surface area (Å²) in [4.78, 5) is 0. The molecule has 1 unspecified atom stereocenters. The predicted octanol–water partition coefficient (Wildman–Crippen LogP) is 3.22. The summed E-state index contributed by atoms with van der Waals surface area (Å²) < 4.78 is 0. The van der Waals surface area contributed by atoms with Crippen molar-refractivity contribution in [1.29, 1.82) is 0 Å². The van der Waals surface area contributed by atoms with Crippen molar-refractivity contribution < 1.29 is 0 Å². The first-order chi connectivity index (χ1) is 7.08. The minimum Gasteiger partial charge on any atom is -0.327 e. The highest BCUT2D eigenvalue weighted by Crippen LogP contribution is 2.10. The van der Waals surface area contributed by atoms with E-state index in [1.807, 2.05) is 6.92 Å². The Morgan fingerprint density at radius 1 is 1.33 bits per heavy atom. The fourth-order valence-electron chi connectivity index (χ4n) is 1.66.